The maximum atomic E-state index is 12.6. The lowest BCUT2D eigenvalue weighted by atomic mass is 10.0. The molecule has 0 saturated carbocycles. The predicted octanol–water partition coefficient (Wildman–Crippen LogP) is 4.36. The van der Waals surface area contributed by atoms with Crippen LogP contribution < -0.4 is 4.74 Å². The van der Waals surface area contributed by atoms with Crippen LogP contribution in [0.1, 0.15) is 60.6 Å². The van der Waals surface area contributed by atoms with Crippen molar-refractivity contribution in [1.29, 1.82) is 0 Å². The number of piperidine rings is 1. The number of aromatic nitrogens is 1. The van der Waals surface area contributed by atoms with Crippen molar-refractivity contribution in [3.8, 4) is 5.75 Å². The number of likely N-dealkylation sites (tertiary alicyclic amines) is 2. The van der Waals surface area contributed by atoms with E-state index in [1.165, 1.54) is 37.9 Å². The van der Waals surface area contributed by atoms with E-state index in [2.05, 4.69) is 33.0 Å². The average molecular weight is 408 g/mol. The summed E-state index contributed by atoms with van der Waals surface area (Å²) >= 11 is 0. The van der Waals surface area contributed by atoms with Crippen molar-refractivity contribution in [3.05, 3.63) is 59.9 Å². The van der Waals surface area contributed by atoms with E-state index in [1.807, 2.05) is 18.2 Å². The van der Waals surface area contributed by atoms with Crippen LogP contribution in [0.5, 0.6) is 5.75 Å². The molecule has 3 heterocycles. The Balaban J connectivity index is 1.30. The number of ketones is 1. The third kappa shape index (κ3) is 5.67. The molecule has 5 heteroatoms. The summed E-state index contributed by atoms with van der Waals surface area (Å²) < 4.78 is 6.06. The molecule has 2 saturated heterocycles. The van der Waals surface area contributed by atoms with E-state index >= 15 is 0 Å². The van der Waals surface area contributed by atoms with Gasteiger partial charge in [0.1, 0.15) is 11.4 Å². The van der Waals surface area contributed by atoms with Crippen LogP contribution >= 0.6 is 0 Å². The van der Waals surface area contributed by atoms with Crippen LogP contribution in [-0.4, -0.2) is 59.9 Å². The van der Waals surface area contributed by atoms with Gasteiger partial charge in [-0.2, -0.15) is 0 Å². The molecule has 0 amide bonds. The van der Waals surface area contributed by atoms with Crippen molar-refractivity contribution in [2.45, 2.75) is 44.6 Å². The van der Waals surface area contributed by atoms with E-state index in [0.29, 0.717) is 12.2 Å². The molecule has 2 aliphatic rings. The molecule has 1 aromatic heterocycles. The van der Waals surface area contributed by atoms with E-state index in [0.717, 1.165) is 44.7 Å². The number of ether oxygens (including phenoxy) is 1. The zero-order valence-corrected chi connectivity index (χ0v) is 17.8. The molecule has 0 N–H and O–H groups in total. The second-order valence-electron chi connectivity index (χ2n) is 8.44. The molecule has 30 heavy (non-hydrogen) atoms. The lowest BCUT2D eigenvalue weighted by molar-refractivity contribution is 0.0916. The molecule has 2 aromatic rings. The summed E-state index contributed by atoms with van der Waals surface area (Å²) in [5.41, 5.74) is 1.80. The summed E-state index contributed by atoms with van der Waals surface area (Å²) in [6, 6.07) is 14.2. The average Bonchev–Trinajstić information content (AvgIpc) is 3.26. The second kappa shape index (κ2) is 10.7. The molecule has 1 unspecified atom stereocenters. The maximum absolute atomic E-state index is 12.6. The van der Waals surface area contributed by atoms with Crippen LogP contribution in [-0.2, 0) is 0 Å². The zero-order chi connectivity index (χ0) is 20.6. The summed E-state index contributed by atoms with van der Waals surface area (Å²) in [5, 5.41) is 0. The first kappa shape index (κ1) is 21.0. The normalized spacial score (nSPS) is 20.3. The van der Waals surface area contributed by atoms with E-state index < -0.39 is 0 Å². The number of nitrogens with zero attached hydrogens (tertiary/aromatic N) is 3. The molecule has 4 rings (SSSR count). The fraction of sp³-hybridized carbons (Fsp3) is 0.520. The maximum Gasteiger partial charge on any atom is 0.195 e. The van der Waals surface area contributed by atoms with Crippen LogP contribution in [0.15, 0.2) is 48.7 Å². The molecule has 2 fully saturated rings. The van der Waals surface area contributed by atoms with Crippen molar-refractivity contribution in [2.24, 2.45) is 0 Å². The number of pyridine rings is 1. The Bertz CT molecular complexity index is 805. The summed E-state index contributed by atoms with van der Waals surface area (Å²) in [5.74, 6) is 1.03. The fourth-order valence-electron chi connectivity index (χ4n) is 4.66. The highest BCUT2D eigenvalue weighted by Gasteiger charge is 2.28. The van der Waals surface area contributed by atoms with Crippen molar-refractivity contribution < 1.29 is 9.53 Å². The summed E-state index contributed by atoms with van der Waals surface area (Å²) in [4.78, 5) is 21.7. The number of Topliss-reactive ketones (excluding diaryl/α,β-unsaturated/α-hetero) is 1. The molecular formula is C25H33N3O2. The van der Waals surface area contributed by atoms with Crippen molar-refractivity contribution in [1.82, 2.24) is 14.8 Å². The summed E-state index contributed by atoms with van der Waals surface area (Å²) in [7, 11) is 0. The van der Waals surface area contributed by atoms with E-state index in [1.54, 1.807) is 12.3 Å². The standard InChI is InChI=1S/C25H33N3O2/c29-25(23-11-2-3-13-26-23)20-28-17-7-12-24(28)21-9-6-10-22(19-21)30-18-8-16-27-14-4-1-5-15-27/h2-3,6,9-11,13,19,24H,1,4-5,7-8,12,14-18,20H2. The van der Waals surface area contributed by atoms with Crippen LogP contribution in [0.2, 0.25) is 0 Å². The number of carbonyl (C=O) groups is 1. The first-order chi connectivity index (χ1) is 14.8. The van der Waals surface area contributed by atoms with E-state index in [4.69, 9.17) is 4.74 Å². The molecule has 5 nitrogen and oxygen atoms in total. The Labute approximate surface area is 180 Å². The van der Waals surface area contributed by atoms with Crippen molar-refractivity contribution in [2.75, 3.05) is 39.3 Å². The molecule has 2 aliphatic heterocycles. The van der Waals surface area contributed by atoms with Gasteiger partial charge in [0, 0.05) is 18.8 Å². The van der Waals surface area contributed by atoms with Gasteiger partial charge in [-0.05, 0) is 81.6 Å². The van der Waals surface area contributed by atoms with Crippen LogP contribution in [0.25, 0.3) is 0 Å². The molecule has 0 radical (unpaired) electrons. The first-order valence-electron chi connectivity index (χ1n) is 11.4. The molecule has 1 aromatic carbocycles. The largest absolute Gasteiger partial charge is 0.494 e. The van der Waals surface area contributed by atoms with Gasteiger partial charge in [-0.3, -0.25) is 14.7 Å². The lowest BCUT2D eigenvalue weighted by Crippen LogP contribution is -2.31. The quantitative estimate of drug-likeness (QED) is 0.457. The van der Waals surface area contributed by atoms with E-state index in [9.17, 15) is 4.79 Å². The highest BCUT2D eigenvalue weighted by atomic mass is 16.5. The number of benzene rings is 1. The fourth-order valence-corrected chi connectivity index (χ4v) is 4.66. The van der Waals surface area contributed by atoms with Gasteiger partial charge in [-0.1, -0.05) is 24.6 Å². The third-order valence-corrected chi connectivity index (χ3v) is 6.24. The van der Waals surface area contributed by atoms with Crippen molar-refractivity contribution >= 4 is 5.78 Å². The number of carbonyl (C=O) groups excluding carboxylic acids is 1. The lowest BCUT2D eigenvalue weighted by Gasteiger charge is -2.26. The Hall–Kier alpha value is -2.24. The van der Waals surface area contributed by atoms with Crippen molar-refractivity contribution in [3.63, 3.8) is 0 Å². The molecule has 1 atom stereocenters. The second-order valence-corrected chi connectivity index (χ2v) is 8.44. The predicted molar refractivity (Wildman–Crippen MR) is 119 cm³/mol. The Morgan fingerprint density at radius 2 is 1.93 bits per heavy atom. The first-order valence-corrected chi connectivity index (χ1v) is 11.4. The Morgan fingerprint density at radius 3 is 2.77 bits per heavy atom. The minimum atomic E-state index is 0.0904. The molecule has 0 bridgehead atoms. The molecule has 160 valence electrons. The molecule has 0 aliphatic carbocycles. The van der Waals surface area contributed by atoms with Gasteiger partial charge >= 0.3 is 0 Å². The van der Waals surface area contributed by atoms with E-state index in [-0.39, 0.29) is 11.8 Å². The summed E-state index contributed by atoms with van der Waals surface area (Å²) in [6.45, 7) is 5.74. The number of rotatable bonds is 9. The highest BCUT2D eigenvalue weighted by molar-refractivity contribution is 5.95. The third-order valence-electron chi connectivity index (χ3n) is 6.24. The SMILES string of the molecule is O=C(CN1CCCC1c1cccc(OCCCN2CCCCC2)c1)c1ccccn1. The minimum Gasteiger partial charge on any atom is -0.494 e. The van der Waals surface area contributed by atoms with Gasteiger partial charge in [0.15, 0.2) is 5.78 Å². The Morgan fingerprint density at radius 1 is 1.03 bits per heavy atom. The van der Waals surface area contributed by atoms with Crippen LogP contribution in [0.4, 0.5) is 0 Å². The topological polar surface area (TPSA) is 45.7 Å². The monoisotopic (exact) mass is 407 g/mol. The summed E-state index contributed by atoms with van der Waals surface area (Å²) in [6.07, 6.45) is 8.99. The van der Waals surface area contributed by atoms with Gasteiger partial charge < -0.3 is 9.64 Å². The Kier molecular flexibility index (Phi) is 7.49. The van der Waals surface area contributed by atoms with Gasteiger partial charge in [-0.15, -0.1) is 0 Å². The smallest absolute Gasteiger partial charge is 0.195 e. The zero-order valence-electron chi connectivity index (χ0n) is 17.8. The van der Waals surface area contributed by atoms with Crippen LogP contribution in [0, 0.1) is 0 Å². The van der Waals surface area contributed by atoms with Gasteiger partial charge in [0.05, 0.1) is 13.2 Å². The minimum absolute atomic E-state index is 0.0904. The molecular weight excluding hydrogens is 374 g/mol. The van der Waals surface area contributed by atoms with Gasteiger partial charge in [-0.25, -0.2) is 0 Å². The highest BCUT2D eigenvalue weighted by Crippen LogP contribution is 2.33. The number of hydrogen-bond donors (Lipinski definition) is 0. The van der Waals surface area contributed by atoms with Crippen LogP contribution in [0.3, 0.4) is 0 Å². The van der Waals surface area contributed by atoms with Gasteiger partial charge in [0.25, 0.3) is 0 Å². The molecule has 0 spiro atoms. The number of hydrogen-bond acceptors (Lipinski definition) is 5. The van der Waals surface area contributed by atoms with Gasteiger partial charge in [0.2, 0.25) is 0 Å².